The van der Waals surface area contributed by atoms with Gasteiger partial charge in [-0.15, -0.1) is 0 Å². The number of rotatable bonds is 5. The zero-order chi connectivity index (χ0) is 15.6. The predicted molar refractivity (Wildman–Crippen MR) is 82.1 cm³/mol. The normalized spacial score (nSPS) is 12.7. The second-order valence-corrected chi connectivity index (χ2v) is 5.83. The molecule has 0 amide bonds. The Balaban J connectivity index is 2.37. The van der Waals surface area contributed by atoms with Gasteiger partial charge < -0.3 is 5.32 Å². The summed E-state index contributed by atoms with van der Waals surface area (Å²) in [6.45, 7) is 4.57. The Morgan fingerprint density at radius 1 is 1.38 bits per heavy atom. The van der Waals surface area contributed by atoms with Crippen molar-refractivity contribution in [3.8, 4) is 0 Å². The average molecular weight is 358 g/mol. The van der Waals surface area contributed by atoms with Gasteiger partial charge in [-0.25, -0.2) is 8.78 Å². The number of nitrogens with zero attached hydrogens (tertiary/aromatic N) is 2. The number of hydrogen-bond donors (Lipinski definition) is 1. The largest absolute Gasteiger partial charge is 0.310 e. The lowest BCUT2D eigenvalue weighted by Crippen LogP contribution is -2.24. The number of likely N-dealkylation sites (N-methyl/N-ethyl adjacent to an activating group) is 1. The van der Waals surface area contributed by atoms with Gasteiger partial charge in [0.25, 0.3) is 0 Å². The van der Waals surface area contributed by atoms with E-state index in [-0.39, 0.29) is 22.5 Å². The number of aromatic nitrogens is 2. The van der Waals surface area contributed by atoms with Crippen LogP contribution < -0.4 is 5.32 Å². The monoisotopic (exact) mass is 357 g/mol. The molecule has 3 nitrogen and oxygen atoms in total. The van der Waals surface area contributed by atoms with Crippen molar-refractivity contribution in [2.45, 2.75) is 26.3 Å². The summed E-state index contributed by atoms with van der Waals surface area (Å²) in [4.78, 5) is 0. The van der Waals surface area contributed by atoms with E-state index >= 15 is 0 Å². The van der Waals surface area contributed by atoms with Crippen LogP contribution in [0.3, 0.4) is 0 Å². The van der Waals surface area contributed by atoms with E-state index in [1.54, 1.807) is 4.68 Å². The third kappa shape index (κ3) is 3.49. The molecule has 1 aromatic carbocycles. The molecule has 0 aliphatic heterocycles. The first kappa shape index (κ1) is 16.1. The number of hydrogen-bond acceptors (Lipinski definition) is 2. The van der Waals surface area contributed by atoms with Gasteiger partial charge in [-0.05, 0) is 48.0 Å². The molecule has 0 aliphatic rings. The number of nitrogens with one attached hydrogen (secondary N) is 1. The Morgan fingerprint density at radius 2 is 2.10 bits per heavy atom. The van der Waals surface area contributed by atoms with Crippen molar-refractivity contribution < 1.29 is 8.78 Å². The number of benzene rings is 1. The van der Waals surface area contributed by atoms with E-state index in [0.717, 1.165) is 11.3 Å². The van der Waals surface area contributed by atoms with Crippen LogP contribution in [-0.2, 0) is 13.5 Å². The van der Waals surface area contributed by atoms with E-state index in [2.05, 4.69) is 26.3 Å². The molecule has 1 aromatic heterocycles. The first-order valence-corrected chi connectivity index (χ1v) is 7.59. The van der Waals surface area contributed by atoms with Crippen molar-refractivity contribution in [3.05, 3.63) is 51.3 Å². The fourth-order valence-electron chi connectivity index (χ4n) is 2.46. The molecule has 1 N–H and O–H groups in total. The Labute approximate surface area is 131 Å². The molecule has 0 saturated heterocycles. The van der Waals surface area contributed by atoms with Gasteiger partial charge in [-0.1, -0.05) is 6.92 Å². The van der Waals surface area contributed by atoms with Gasteiger partial charge in [0, 0.05) is 30.4 Å². The zero-order valence-electron chi connectivity index (χ0n) is 12.3. The first-order valence-electron chi connectivity index (χ1n) is 6.80. The summed E-state index contributed by atoms with van der Waals surface area (Å²) in [6, 6.07) is 2.48. The lowest BCUT2D eigenvalue weighted by Gasteiger charge is -2.18. The highest BCUT2D eigenvalue weighted by Gasteiger charge is 2.21. The molecule has 0 radical (unpaired) electrons. The molecular weight excluding hydrogens is 340 g/mol. The van der Waals surface area contributed by atoms with Crippen LogP contribution in [0.15, 0.2) is 22.8 Å². The zero-order valence-corrected chi connectivity index (χ0v) is 13.8. The van der Waals surface area contributed by atoms with Crippen LogP contribution in [0.1, 0.15) is 29.8 Å². The van der Waals surface area contributed by atoms with Crippen LogP contribution in [0.25, 0.3) is 0 Å². The Morgan fingerprint density at radius 3 is 2.67 bits per heavy atom. The molecule has 2 aromatic rings. The smallest absolute Gasteiger partial charge is 0.143 e. The van der Waals surface area contributed by atoms with Crippen molar-refractivity contribution in [2.24, 2.45) is 7.05 Å². The first-order chi connectivity index (χ1) is 9.93. The second kappa shape index (κ2) is 6.66. The van der Waals surface area contributed by atoms with Crippen LogP contribution >= 0.6 is 15.9 Å². The molecule has 0 aliphatic carbocycles. The second-order valence-electron chi connectivity index (χ2n) is 4.98. The maximum Gasteiger partial charge on any atom is 0.143 e. The molecule has 21 heavy (non-hydrogen) atoms. The summed E-state index contributed by atoms with van der Waals surface area (Å²) in [5, 5.41) is 7.57. The average Bonchev–Trinajstić information content (AvgIpc) is 2.77. The maximum atomic E-state index is 14.1. The molecule has 0 fully saturated rings. The van der Waals surface area contributed by atoms with Crippen LogP contribution in [0.5, 0.6) is 0 Å². The van der Waals surface area contributed by atoms with E-state index in [0.29, 0.717) is 6.54 Å². The number of aryl methyl sites for hydroxylation is 2. The molecule has 0 bridgehead atoms. The minimum atomic E-state index is -0.542. The highest BCUT2D eigenvalue weighted by Crippen LogP contribution is 2.27. The Kier molecular flexibility index (Phi) is 5.11. The van der Waals surface area contributed by atoms with E-state index < -0.39 is 11.6 Å². The molecule has 1 heterocycles. The SMILES string of the molecule is CCNC(Cc1c(F)ccc(Br)c1F)c1cn(C)nc1C. The van der Waals surface area contributed by atoms with Gasteiger partial charge in [-0.3, -0.25) is 4.68 Å². The lowest BCUT2D eigenvalue weighted by atomic mass is 9.98. The third-order valence-corrected chi connectivity index (χ3v) is 4.04. The van der Waals surface area contributed by atoms with Crippen LogP contribution in [0, 0.1) is 18.6 Å². The summed E-state index contributed by atoms with van der Waals surface area (Å²) in [5.41, 5.74) is 1.90. The van der Waals surface area contributed by atoms with Crippen molar-refractivity contribution in [1.82, 2.24) is 15.1 Å². The fourth-order valence-corrected chi connectivity index (χ4v) is 2.83. The van der Waals surface area contributed by atoms with Gasteiger partial charge >= 0.3 is 0 Å². The molecule has 0 spiro atoms. The minimum Gasteiger partial charge on any atom is -0.310 e. The van der Waals surface area contributed by atoms with Crippen molar-refractivity contribution in [3.63, 3.8) is 0 Å². The fraction of sp³-hybridized carbons (Fsp3) is 0.400. The molecule has 2 rings (SSSR count). The molecule has 1 unspecified atom stereocenters. The van der Waals surface area contributed by atoms with Crippen molar-refractivity contribution >= 4 is 15.9 Å². The standard InChI is InChI=1S/C15H18BrF2N3/c1-4-19-14(11-8-21(3)20-9(11)2)7-10-13(17)6-5-12(16)15(10)18/h5-6,8,14,19H,4,7H2,1-3H3. The summed E-state index contributed by atoms with van der Waals surface area (Å²) >= 11 is 3.11. The van der Waals surface area contributed by atoms with Crippen molar-refractivity contribution in [2.75, 3.05) is 6.54 Å². The van der Waals surface area contributed by atoms with Gasteiger partial charge in [0.05, 0.1) is 10.2 Å². The molecule has 114 valence electrons. The highest BCUT2D eigenvalue weighted by atomic mass is 79.9. The molecular formula is C15H18BrF2N3. The summed E-state index contributed by atoms with van der Waals surface area (Å²) in [7, 11) is 1.83. The Bertz CT molecular complexity index is 640. The van der Waals surface area contributed by atoms with E-state index in [1.165, 1.54) is 12.1 Å². The molecule has 1 atom stereocenters. The van der Waals surface area contributed by atoms with Crippen LogP contribution in [0.2, 0.25) is 0 Å². The van der Waals surface area contributed by atoms with Gasteiger partial charge in [0.1, 0.15) is 11.6 Å². The van der Waals surface area contributed by atoms with E-state index in [4.69, 9.17) is 0 Å². The molecule has 0 saturated carbocycles. The summed E-state index contributed by atoms with van der Waals surface area (Å²) < 4.78 is 30.1. The number of halogens is 3. The van der Waals surface area contributed by atoms with Gasteiger partial charge in [0.15, 0.2) is 0 Å². The van der Waals surface area contributed by atoms with E-state index in [9.17, 15) is 8.78 Å². The lowest BCUT2D eigenvalue weighted by molar-refractivity contribution is 0.496. The molecule has 6 heteroatoms. The van der Waals surface area contributed by atoms with Gasteiger partial charge in [-0.2, -0.15) is 5.10 Å². The highest BCUT2D eigenvalue weighted by molar-refractivity contribution is 9.10. The predicted octanol–water partition coefficient (Wildman–Crippen LogP) is 3.66. The third-order valence-electron chi connectivity index (χ3n) is 3.42. The van der Waals surface area contributed by atoms with Gasteiger partial charge in [0.2, 0.25) is 0 Å². The van der Waals surface area contributed by atoms with Crippen LogP contribution in [0.4, 0.5) is 8.78 Å². The minimum absolute atomic E-state index is 0.0820. The Hall–Kier alpha value is -1.27. The summed E-state index contributed by atoms with van der Waals surface area (Å²) in [5.74, 6) is -1.07. The van der Waals surface area contributed by atoms with Crippen LogP contribution in [-0.4, -0.2) is 16.3 Å². The van der Waals surface area contributed by atoms with E-state index in [1.807, 2.05) is 27.1 Å². The summed E-state index contributed by atoms with van der Waals surface area (Å²) in [6.07, 6.45) is 2.12. The maximum absolute atomic E-state index is 14.1. The quantitative estimate of drug-likeness (QED) is 0.827. The van der Waals surface area contributed by atoms with Crippen molar-refractivity contribution in [1.29, 1.82) is 0 Å². The topological polar surface area (TPSA) is 29.9 Å².